The van der Waals surface area contributed by atoms with Gasteiger partial charge in [-0.25, -0.2) is 15.0 Å². The van der Waals surface area contributed by atoms with Crippen molar-refractivity contribution in [3.05, 3.63) is 83.0 Å². The molecule has 2 atom stereocenters. The van der Waals surface area contributed by atoms with Crippen LogP contribution in [0.2, 0.25) is 0 Å². The second kappa shape index (κ2) is 7.84. The fraction of sp³-hybridized carbons (Fsp3) is 0.182. The molecule has 0 spiro atoms. The minimum Gasteiger partial charge on any atom is -0.384 e. The van der Waals surface area contributed by atoms with Crippen LogP contribution in [-0.4, -0.2) is 35.2 Å². The van der Waals surface area contributed by atoms with Gasteiger partial charge in [0.25, 0.3) is 0 Å². The topological polar surface area (TPSA) is 108 Å². The average Bonchev–Trinajstić information content (AvgIpc) is 3.42. The van der Waals surface area contributed by atoms with Crippen molar-refractivity contribution in [2.75, 3.05) is 5.73 Å². The number of hydrogen-bond acceptors (Lipinski definition) is 8. The maximum Gasteiger partial charge on any atom is 0.153 e. The Balaban J connectivity index is 1.63. The Bertz CT molecular complexity index is 1360. The molecule has 0 amide bonds. The molecule has 3 heterocycles. The predicted molar refractivity (Wildman–Crippen MR) is 120 cm³/mol. The predicted octanol–water partition coefficient (Wildman–Crippen LogP) is 3.89. The highest BCUT2D eigenvalue weighted by molar-refractivity contribution is 7.16. The summed E-state index contributed by atoms with van der Waals surface area (Å²) in [6, 6.07) is 16.5. The summed E-state index contributed by atoms with van der Waals surface area (Å²) in [4.78, 5) is 13.1. The third-order valence-electron chi connectivity index (χ3n) is 5.51. The molecule has 0 bridgehead atoms. The molecular weight excluding hydrogens is 408 g/mol. The number of fused-ring (bicyclic) bond motifs is 1. The molecule has 2 unspecified atom stereocenters. The van der Waals surface area contributed by atoms with Crippen LogP contribution in [0.1, 0.15) is 41.4 Å². The summed E-state index contributed by atoms with van der Waals surface area (Å²) < 4.78 is 2.89. The van der Waals surface area contributed by atoms with Gasteiger partial charge in [-0.1, -0.05) is 25.1 Å². The Morgan fingerprint density at radius 2 is 1.90 bits per heavy atom. The molecule has 0 saturated heterocycles. The number of anilines is 1. The van der Waals surface area contributed by atoms with Crippen LogP contribution in [0.15, 0.2) is 60.4 Å². The Kier molecular flexibility index (Phi) is 4.87. The van der Waals surface area contributed by atoms with Gasteiger partial charge in [0.2, 0.25) is 0 Å². The summed E-state index contributed by atoms with van der Waals surface area (Å²) in [5.41, 5.74) is 13.0. The lowest BCUT2D eigenvalue weighted by molar-refractivity contribution is 0.639. The van der Waals surface area contributed by atoms with Gasteiger partial charge < -0.3 is 5.73 Å². The summed E-state index contributed by atoms with van der Waals surface area (Å²) in [6.07, 6.45) is 1.52. The van der Waals surface area contributed by atoms with E-state index in [-0.39, 0.29) is 11.8 Å². The molecule has 31 heavy (non-hydrogen) atoms. The van der Waals surface area contributed by atoms with E-state index in [0.717, 1.165) is 28.3 Å². The van der Waals surface area contributed by atoms with Crippen molar-refractivity contribution >= 4 is 27.4 Å². The van der Waals surface area contributed by atoms with Crippen molar-refractivity contribution in [1.29, 1.82) is 0 Å². The van der Waals surface area contributed by atoms with E-state index in [1.54, 1.807) is 16.0 Å². The molecule has 3 aromatic heterocycles. The molecular formula is C22H20N8S. The second-order valence-electron chi connectivity index (χ2n) is 7.45. The van der Waals surface area contributed by atoms with Crippen molar-refractivity contribution in [3.8, 4) is 5.69 Å². The van der Waals surface area contributed by atoms with Gasteiger partial charge in [0.15, 0.2) is 5.82 Å². The maximum atomic E-state index is 6.01. The van der Waals surface area contributed by atoms with E-state index in [2.05, 4.69) is 67.7 Å². The zero-order valence-corrected chi connectivity index (χ0v) is 17.9. The first-order chi connectivity index (χ1) is 15.1. The number of hydrogen-bond donors (Lipinski definition) is 1. The summed E-state index contributed by atoms with van der Waals surface area (Å²) in [5.74, 6) is 1.27. The van der Waals surface area contributed by atoms with Gasteiger partial charge in [-0.2, -0.15) is 4.68 Å². The van der Waals surface area contributed by atoms with E-state index >= 15 is 0 Å². The van der Waals surface area contributed by atoms with Gasteiger partial charge >= 0.3 is 0 Å². The number of nitrogens with zero attached hydrogens (tertiary/aromatic N) is 7. The number of benzene rings is 2. The van der Waals surface area contributed by atoms with E-state index in [0.29, 0.717) is 5.82 Å². The van der Waals surface area contributed by atoms with Crippen LogP contribution in [0.25, 0.3) is 15.9 Å². The highest BCUT2D eigenvalue weighted by atomic mass is 32.1. The van der Waals surface area contributed by atoms with Crippen LogP contribution in [0.5, 0.6) is 0 Å². The van der Waals surface area contributed by atoms with Crippen molar-refractivity contribution < 1.29 is 0 Å². The van der Waals surface area contributed by atoms with Gasteiger partial charge in [0.05, 0.1) is 27.1 Å². The fourth-order valence-electron chi connectivity index (χ4n) is 3.94. The second-order valence-corrected chi connectivity index (χ2v) is 8.33. The van der Waals surface area contributed by atoms with Crippen molar-refractivity contribution in [2.45, 2.75) is 25.7 Å². The zero-order chi connectivity index (χ0) is 21.4. The zero-order valence-electron chi connectivity index (χ0n) is 17.0. The van der Waals surface area contributed by atoms with Crippen LogP contribution in [-0.2, 0) is 0 Å². The Morgan fingerprint density at radius 1 is 1.00 bits per heavy atom. The highest BCUT2D eigenvalue weighted by Crippen LogP contribution is 2.39. The molecule has 5 rings (SSSR count). The summed E-state index contributed by atoms with van der Waals surface area (Å²) in [6.45, 7) is 4.09. The lowest BCUT2D eigenvalue weighted by Gasteiger charge is -2.25. The molecule has 8 nitrogen and oxygen atoms in total. The molecule has 0 fully saturated rings. The molecule has 2 N–H and O–H groups in total. The standard InChI is InChI=1S/C22H20N8S/c1-13(15-6-7-18-20(9-15)31-12-26-18)22(19-10-21(23)25-11-24-19)16-4-3-5-17(8-16)30-14(2)27-28-29-30/h3-13,22H,1-2H3,(H2,23,24,25). The maximum absolute atomic E-state index is 6.01. The molecule has 5 aromatic rings. The van der Waals surface area contributed by atoms with Crippen molar-refractivity contribution in [2.24, 2.45) is 0 Å². The summed E-state index contributed by atoms with van der Waals surface area (Å²) >= 11 is 1.64. The largest absolute Gasteiger partial charge is 0.384 e. The molecule has 2 aromatic carbocycles. The number of aromatic nitrogens is 7. The average molecular weight is 429 g/mol. The smallest absolute Gasteiger partial charge is 0.153 e. The minimum atomic E-state index is -0.0348. The molecule has 0 aliphatic carbocycles. The van der Waals surface area contributed by atoms with Gasteiger partial charge in [-0.15, -0.1) is 16.4 Å². The first-order valence-corrected chi connectivity index (χ1v) is 10.7. The summed E-state index contributed by atoms with van der Waals surface area (Å²) in [5, 5.41) is 11.9. The lowest BCUT2D eigenvalue weighted by Crippen LogP contribution is -2.13. The third-order valence-corrected chi connectivity index (χ3v) is 6.30. The molecule has 0 saturated carbocycles. The number of nitrogen functional groups attached to an aromatic ring is 1. The minimum absolute atomic E-state index is 0.0348. The number of rotatable bonds is 5. The Labute approximate surface area is 182 Å². The van der Waals surface area contributed by atoms with Gasteiger partial charge in [-0.3, -0.25) is 0 Å². The molecule has 0 radical (unpaired) electrons. The molecule has 0 aliphatic rings. The molecule has 0 aliphatic heterocycles. The third kappa shape index (κ3) is 3.64. The van der Waals surface area contributed by atoms with Crippen LogP contribution in [0, 0.1) is 6.92 Å². The summed E-state index contributed by atoms with van der Waals surface area (Å²) in [7, 11) is 0. The molecule has 9 heteroatoms. The van der Waals surface area contributed by atoms with E-state index in [9.17, 15) is 0 Å². The quantitative estimate of drug-likeness (QED) is 0.452. The number of tetrazole rings is 1. The van der Waals surface area contributed by atoms with Crippen LogP contribution in [0.4, 0.5) is 5.82 Å². The van der Waals surface area contributed by atoms with E-state index in [4.69, 9.17) is 5.73 Å². The van der Waals surface area contributed by atoms with Gasteiger partial charge in [0, 0.05) is 12.0 Å². The SMILES string of the molecule is Cc1nnnn1-c1cccc(C(c2cc(N)ncn2)C(C)c2ccc3ncsc3c2)c1. The number of thiazole rings is 1. The van der Waals surface area contributed by atoms with Crippen LogP contribution in [0.3, 0.4) is 0 Å². The molecule has 154 valence electrons. The van der Waals surface area contributed by atoms with E-state index < -0.39 is 0 Å². The Hall–Kier alpha value is -3.72. The van der Waals surface area contributed by atoms with Gasteiger partial charge in [0.1, 0.15) is 12.1 Å². The number of aryl methyl sites for hydroxylation is 1. The van der Waals surface area contributed by atoms with Crippen LogP contribution >= 0.6 is 11.3 Å². The Morgan fingerprint density at radius 3 is 2.71 bits per heavy atom. The van der Waals surface area contributed by atoms with E-state index in [1.165, 1.54) is 16.6 Å². The van der Waals surface area contributed by atoms with Crippen molar-refractivity contribution in [1.82, 2.24) is 35.2 Å². The normalized spacial score (nSPS) is 13.4. The van der Waals surface area contributed by atoms with Crippen molar-refractivity contribution in [3.63, 3.8) is 0 Å². The monoisotopic (exact) mass is 428 g/mol. The van der Waals surface area contributed by atoms with Crippen LogP contribution < -0.4 is 5.73 Å². The fourth-order valence-corrected chi connectivity index (χ4v) is 4.67. The van der Waals surface area contributed by atoms with E-state index in [1.807, 2.05) is 30.6 Å². The van der Waals surface area contributed by atoms with Gasteiger partial charge in [-0.05, 0) is 58.7 Å². The first kappa shape index (κ1) is 19.3. The number of nitrogens with two attached hydrogens (primary N) is 1. The lowest BCUT2D eigenvalue weighted by atomic mass is 9.80. The first-order valence-electron chi connectivity index (χ1n) is 9.86. The highest BCUT2D eigenvalue weighted by Gasteiger charge is 2.25.